The number of methoxy groups -OCH3 is 1. The molecule has 0 aliphatic carbocycles. The highest BCUT2D eigenvalue weighted by Crippen LogP contribution is 2.18. The van der Waals surface area contributed by atoms with Gasteiger partial charge in [-0.25, -0.2) is 0 Å². The van der Waals surface area contributed by atoms with Crippen LogP contribution in [-0.2, 0) is 18.0 Å². The average Bonchev–Trinajstić information content (AvgIpc) is 3.32. The van der Waals surface area contributed by atoms with Gasteiger partial charge in [-0.1, -0.05) is 30.3 Å². The van der Waals surface area contributed by atoms with Crippen molar-refractivity contribution in [2.45, 2.75) is 13.2 Å². The number of furan rings is 1. The summed E-state index contributed by atoms with van der Waals surface area (Å²) in [5.41, 5.74) is 1.69. The predicted molar refractivity (Wildman–Crippen MR) is 118 cm³/mol. The minimum absolute atomic E-state index is 0.0490. The molecule has 1 fully saturated rings. The van der Waals surface area contributed by atoms with E-state index in [1.807, 2.05) is 42.5 Å². The van der Waals surface area contributed by atoms with Crippen molar-refractivity contribution in [3.63, 3.8) is 0 Å². The van der Waals surface area contributed by atoms with Gasteiger partial charge in [0.1, 0.15) is 24.7 Å². The summed E-state index contributed by atoms with van der Waals surface area (Å²) in [7, 11) is 1.57. The van der Waals surface area contributed by atoms with Crippen LogP contribution in [0, 0.1) is 0 Å². The molecule has 166 valence electrons. The Hall–Kier alpha value is -3.58. The van der Waals surface area contributed by atoms with Gasteiger partial charge in [0.15, 0.2) is 5.76 Å². The molecule has 0 bridgehead atoms. The third-order valence-electron chi connectivity index (χ3n) is 5.36. The zero-order chi connectivity index (χ0) is 22.3. The summed E-state index contributed by atoms with van der Waals surface area (Å²) in [6, 6.07) is 20.5. The number of hydrogen-bond acceptors (Lipinski definition) is 5. The maximum Gasteiger partial charge on any atom is 0.289 e. The second-order valence-electron chi connectivity index (χ2n) is 7.58. The van der Waals surface area contributed by atoms with E-state index < -0.39 is 0 Å². The maximum atomic E-state index is 12.9. The molecule has 1 aromatic heterocycles. The smallest absolute Gasteiger partial charge is 0.289 e. The normalized spacial score (nSPS) is 13.8. The van der Waals surface area contributed by atoms with Gasteiger partial charge in [0.2, 0.25) is 0 Å². The molecule has 1 aliphatic rings. The van der Waals surface area contributed by atoms with E-state index in [1.54, 1.807) is 41.2 Å². The van der Waals surface area contributed by atoms with Gasteiger partial charge in [-0.15, -0.1) is 0 Å². The topological polar surface area (TPSA) is 72.2 Å². The van der Waals surface area contributed by atoms with E-state index in [-0.39, 0.29) is 11.8 Å². The highest BCUT2D eigenvalue weighted by atomic mass is 16.5. The van der Waals surface area contributed by atoms with Crippen LogP contribution in [0.5, 0.6) is 5.75 Å². The first-order valence-electron chi connectivity index (χ1n) is 10.6. The van der Waals surface area contributed by atoms with Crippen molar-refractivity contribution in [1.29, 1.82) is 0 Å². The highest BCUT2D eigenvalue weighted by Gasteiger charge is 2.27. The van der Waals surface area contributed by atoms with Crippen LogP contribution in [-0.4, -0.2) is 54.9 Å². The van der Waals surface area contributed by atoms with Crippen LogP contribution in [0.4, 0.5) is 0 Å². The summed E-state index contributed by atoms with van der Waals surface area (Å²) in [5, 5.41) is 0. The van der Waals surface area contributed by atoms with E-state index in [0.29, 0.717) is 62.2 Å². The van der Waals surface area contributed by atoms with E-state index in [0.717, 1.165) is 5.56 Å². The lowest BCUT2D eigenvalue weighted by molar-refractivity contribution is 0.0514. The van der Waals surface area contributed by atoms with Gasteiger partial charge >= 0.3 is 0 Å². The molecule has 2 aromatic carbocycles. The molecule has 2 heterocycles. The van der Waals surface area contributed by atoms with E-state index >= 15 is 0 Å². The molecule has 0 saturated carbocycles. The zero-order valence-corrected chi connectivity index (χ0v) is 18.0. The molecule has 3 aromatic rings. The summed E-state index contributed by atoms with van der Waals surface area (Å²) in [4.78, 5) is 29.0. The first kappa shape index (κ1) is 21.6. The fraction of sp³-hybridized carbons (Fsp3) is 0.280. The Labute approximate surface area is 187 Å². The molecule has 0 atom stereocenters. The van der Waals surface area contributed by atoms with Crippen molar-refractivity contribution in [3.05, 3.63) is 89.4 Å². The van der Waals surface area contributed by atoms with Gasteiger partial charge in [-0.05, 0) is 42.0 Å². The summed E-state index contributed by atoms with van der Waals surface area (Å²) in [5.74, 6) is 1.40. The molecule has 2 amide bonds. The van der Waals surface area contributed by atoms with Gasteiger partial charge < -0.3 is 23.7 Å². The van der Waals surface area contributed by atoms with Gasteiger partial charge in [0.25, 0.3) is 11.8 Å². The number of piperazine rings is 1. The van der Waals surface area contributed by atoms with Crippen LogP contribution < -0.4 is 4.74 Å². The lowest BCUT2D eigenvalue weighted by atomic mass is 10.1. The number of benzene rings is 2. The quantitative estimate of drug-likeness (QED) is 0.568. The van der Waals surface area contributed by atoms with Crippen LogP contribution in [0.1, 0.15) is 32.2 Å². The van der Waals surface area contributed by atoms with Gasteiger partial charge in [-0.2, -0.15) is 0 Å². The van der Waals surface area contributed by atoms with Crippen molar-refractivity contribution in [1.82, 2.24) is 9.80 Å². The Kier molecular flexibility index (Phi) is 6.87. The lowest BCUT2D eigenvalue weighted by Crippen LogP contribution is -2.50. The minimum Gasteiger partial charge on any atom is -0.489 e. The summed E-state index contributed by atoms with van der Waals surface area (Å²) >= 11 is 0. The minimum atomic E-state index is -0.167. The highest BCUT2D eigenvalue weighted by molar-refractivity contribution is 5.95. The number of ether oxygens (including phenoxy) is 2. The van der Waals surface area contributed by atoms with Crippen molar-refractivity contribution < 1.29 is 23.5 Å². The fourth-order valence-corrected chi connectivity index (χ4v) is 3.60. The second-order valence-corrected chi connectivity index (χ2v) is 7.58. The molecule has 0 spiro atoms. The van der Waals surface area contributed by atoms with Crippen LogP contribution >= 0.6 is 0 Å². The Bertz CT molecular complexity index is 1040. The molecular formula is C25H26N2O5. The molecule has 7 nitrogen and oxygen atoms in total. The molecule has 1 saturated heterocycles. The maximum absolute atomic E-state index is 12.9. The van der Waals surface area contributed by atoms with Crippen molar-refractivity contribution in [2.75, 3.05) is 33.3 Å². The summed E-state index contributed by atoms with van der Waals surface area (Å²) in [6.45, 7) is 2.68. The number of nitrogens with zero attached hydrogens (tertiary/aromatic N) is 2. The van der Waals surface area contributed by atoms with Gasteiger partial charge in [0.05, 0.1) is 0 Å². The van der Waals surface area contributed by atoms with E-state index in [9.17, 15) is 9.59 Å². The van der Waals surface area contributed by atoms with Crippen molar-refractivity contribution in [2.24, 2.45) is 0 Å². The number of carbonyl (C=O) groups is 2. The zero-order valence-electron chi connectivity index (χ0n) is 18.0. The third-order valence-corrected chi connectivity index (χ3v) is 5.36. The summed E-state index contributed by atoms with van der Waals surface area (Å²) in [6.07, 6.45) is 0. The molecule has 0 unspecified atom stereocenters. The Morgan fingerprint density at radius 2 is 1.47 bits per heavy atom. The molecule has 1 aliphatic heterocycles. The van der Waals surface area contributed by atoms with E-state index in [1.165, 1.54) is 0 Å². The summed E-state index contributed by atoms with van der Waals surface area (Å²) < 4.78 is 16.3. The predicted octanol–water partition coefficient (Wildman–Crippen LogP) is 3.60. The lowest BCUT2D eigenvalue weighted by Gasteiger charge is -2.34. The van der Waals surface area contributed by atoms with E-state index in [4.69, 9.17) is 13.9 Å². The van der Waals surface area contributed by atoms with Crippen molar-refractivity contribution >= 4 is 11.8 Å². The molecular weight excluding hydrogens is 408 g/mol. The van der Waals surface area contributed by atoms with Crippen LogP contribution in [0.15, 0.2) is 71.1 Å². The molecule has 32 heavy (non-hydrogen) atoms. The monoisotopic (exact) mass is 434 g/mol. The average molecular weight is 434 g/mol. The van der Waals surface area contributed by atoms with Gasteiger partial charge in [0, 0.05) is 38.9 Å². The Morgan fingerprint density at radius 1 is 0.812 bits per heavy atom. The molecule has 0 radical (unpaired) electrons. The molecule has 0 N–H and O–H groups in total. The second kappa shape index (κ2) is 10.2. The number of amides is 2. The molecule has 4 rings (SSSR count). The third kappa shape index (κ3) is 5.18. The SMILES string of the molecule is COCc1ccc(C(=O)N2CCN(C(=O)c3ccc(OCc4ccccc4)cc3)CC2)o1. The van der Waals surface area contributed by atoms with Gasteiger partial charge in [-0.3, -0.25) is 9.59 Å². The largest absolute Gasteiger partial charge is 0.489 e. The van der Waals surface area contributed by atoms with Crippen LogP contribution in [0.25, 0.3) is 0 Å². The van der Waals surface area contributed by atoms with Crippen LogP contribution in [0.3, 0.4) is 0 Å². The van der Waals surface area contributed by atoms with Crippen molar-refractivity contribution in [3.8, 4) is 5.75 Å². The Balaban J connectivity index is 1.28. The standard InChI is InChI=1S/C25H26N2O5/c1-30-18-22-11-12-23(32-22)25(29)27-15-13-26(14-16-27)24(28)20-7-9-21(10-8-20)31-17-19-5-3-2-4-6-19/h2-12H,13-18H2,1H3. The number of carbonyl (C=O) groups excluding carboxylic acids is 2. The first-order chi connectivity index (χ1) is 15.6. The van der Waals surface area contributed by atoms with E-state index in [2.05, 4.69) is 0 Å². The first-order valence-corrected chi connectivity index (χ1v) is 10.6. The molecule has 7 heteroatoms. The Morgan fingerprint density at radius 3 is 2.12 bits per heavy atom. The fourth-order valence-electron chi connectivity index (χ4n) is 3.60. The van der Waals surface area contributed by atoms with Crippen LogP contribution in [0.2, 0.25) is 0 Å². The number of hydrogen-bond donors (Lipinski definition) is 0. The number of rotatable bonds is 7.